The SMILES string of the molecule is CCc1cc(COc2ccc(C=O)cc2Cl)n(CC)n1. The fourth-order valence-corrected chi connectivity index (χ4v) is 2.18. The van der Waals surface area contributed by atoms with Gasteiger partial charge in [-0.15, -0.1) is 0 Å². The summed E-state index contributed by atoms with van der Waals surface area (Å²) >= 11 is 6.07. The summed E-state index contributed by atoms with van der Waals surface area (Å²) in [5.74, 6) is 0.569. The molecule has 0 aliphatic rings. The van der Waals surface area contributed by atoms with Crippen LogP contribution in [0.4, 0.5) is 0 Å². The summed E-state index contributed by atoms with van der Waals surface area (Å²) in [6.07, 6.45) is 1.66. The summed E-state index contributed by atoms with van der Waals surface area (Å²) in [5, 5.41) is 4.90. The number of hydrogen-bond acceptors (Lipinski definition) is 3. The highest BCUT2D eigenvalue weighted by molar-refractivity contribution is 6.32. The molecule has 0 amide bonds. The van der Waals surface area contributed by atoms with Crippen LogP contribution in [-0.4, -0.2) is 16.1 Å². The summed E-state index contributed by atoms with van der Waals surface area (Å²) in [6.45, 7) is 5.32. The van der Waals surface area contributed by atoms with Crippen molar-refractivity contribution in [3.8, 4) is 5.75 Å². The molecule has 0 atom stereocenters. The maximum Gasteiger partial charge on any atom is 0.150 e. The number of carbonyl (C=O) groups is 1. The van der Waals surface area contributed by atoms with E-state index < -0.39 is 0 Å². The van der Waals surface area contributed by atoms with Gasteiger partial charge in [-0.25, -0.2) is 0 Å². The zero-order valence-corrected chi connectivity index (χ0v) is 12.4. The number of benzene rings is 1. The zero-order chi connectivity index (χ0) is 14.5. The number of rotatable bonds is 6. The van der Waals surface area contributed by atoms with Gasteiger partial charge in [0, 0.05) is 12.1 Å². The van der Waals surface area contributed by atoms with Gasteiger partial charge in [0.15, 0.2) is 0 Å². The van der Waals surface area contributed by atoms with E-state index in [0.29, 0.717) is 22.9 Å². The fourth-order valence-electron chi connectivity index (χ4n) is 1.94. The largest absolute Gasteiger partial charge is 0.486 e. The Hall–Kier alpha value is -1.81. The third-order valence-electron chi connectivity index (χ3n) is 3.04. The lowest BCUT2D eigenvalue weighted by Gasteiger charge is -2.09. The number of carbonyl (C=O) groups excluding carboxylic acids is 1. The molecule has 1 aromatic heterocycles. The summed E-state index contributed by atoms with van der Waals surface area (Å²) < 4.78 is 7.64. The molecule has 0 aliphatic carbocycles. The molecule has 4 nitrogen and oxygen atoms in total. The average molecular weight is 293 g/mol. The summed E-state index contributed by atoms with van der Waals surface area (Å²) in [5.41, 5.74) is 2.60. The van der Waals surface area contributed by atoms with E-state index in [1.54, 1.807) is 18.2 Å². The van der Waals surface area contributed by atoms with Gasteiger partial charge in [0.1, 0.15) is 18.6 Å². The van der Waals surface area contributed by atoms with E-state index in [1.165, 1.54) is 0 Å². The smallest absolute Gasteiger partial charge is 0.150 e. The minimum absolute atomic E-state index is 0.404. The molecule has 0 saturated heterocycles. The van der Waals surface area contributed by atoms with Crippen LogP contribution in [0.15, 0.2) is 24.3 Å². The Morgan fingerprint density at radius 2 is 2.15 bits per heavy atom. The summed E-state index contributed by atoms with van der Waals surface area (Å²) in [7, 11) is 0. The van der Waals surface area contributed by atoms with Gasteiger partial charge < -0.3 is 4.74 Å². The Morgan fingerprint density at radius 3 is 2.75 bits per heavy atom. The Kier molecular flexibility index (Phi) is 4.79. The molecule has 0 fully saturated rings. The number of ether oxygens (including phenoxy) is 1. The van der Waals surface area contributed by atoms with Crippen molar-refractivity contribution in [1.29, 1.82) is 0 Å². The molecule has 2 rings (SSSR count). The third kappa shape index (κ3) is 3.20. The molecule has 0 bridgehead atoms. The standard InChI is InChI=1S/C15H17ClN2O2/c1-3-12-8-13(18(4-2)17-12)10-20-15-6-5-11(9-19)7-14(15)16/h5-9H,3-4,10H2,1-2H3. The van der Waals surface area contributed by atoms with Crippen LogP contribution in [0.25, 0.3) is 0 Å². The second-order valence-corrected chi connectivity index (χ2v) is 4.80. The molecule has 2 aromatic rings. The minimum atomic E-state index is 0.404. The van der Waals surface area contributed by atoms with Crippen LogP contribution in [0.2, 0.25) is 5.02 Å². The average Bonchev–Trinajstić information content (AvgIpc) is 2.88. The Balaban J connectivity index is 2.12. The van der Waals surface area contributed by atoms with Gasteiger partial charge in [0.25, 0.3) is 0 Å². The highest BCUT2D eigenvalue weighted by Gasteiger charge is 2.08. The molecule has 106 valence electrons. The van der Waals surface area contributed by atoms with E-state index in [-0.39, 0.29) is 0 Å². The highest BCUT2D eigenvalue weighted by atomic mass is 35.5. The lowest BCUT2D eigenvalue weighted by Crippen LogP contribution is -2.06. The molecular formula is C15H17ClN2O2. The zero-order valence-electron chi connectivity index (χ0n) is 11.6. The van der Waals surface area contributed by atoms with Gasteiger partial charge in [-0.05, 0) is 37.6 Å². The van der Waals surface area contributed by atoms with E-state index in [4.69, 9.17) is 16.3 Å². The lowest BCUT2D eigenvalue weighted by molar-refractivity contribution is 0.112. The summed E-state index contributed by atoms with van der Waals surface area (Å²) in [6, 6.07) is 7.03. The number of aldehydes is 1. The van der Waals surface area contributed by atoms with E-state index in [1.807, 2.05) is 17.7 Å². The van der Waals surface area contributed by atoms with Gasteiger partial charge >= 0.3 is 0 Å². The van der Waals surface area contributed by atoms with Gasteiger partial charge in [0.05, 0.1) is 16.4 Å². The fraction of sp³-hybridized carbons (Fsp3) is 0.333. The highest BCUT2D eigenvalue weighted by Crippen LogP contribution is 2.25. The number of aromatic nitrogens is 2. The molecule has 20 heavy (non-hydrogen) atoms. The van der Waals surface area contributed by atoms with Gasteiger partial charge in [0.2, 0.25) is 0 Å². The lowest BCUT2D eigenvalue weighted by atomic mass is 10.2. The van der Waals surface area contributed by atoms with Crippen molar-refractivity contribution in [2.45, 2.75) is 33.4 Å². The minimum Gasteiger partial charge on any atom is -0.486 e. The first-order valence-corrected chi connectivity index (χ1v) is 6.98. The molecule has 1 aromatic carbocycles. The Labute approximate surface area is 123 Å². The van der Waals surface area contributed by atoms with Crippen LogP contribution in [0.3, 0.4) is 0 Å². The Morgan fingerprint density at radius 1 is 1.35 bits per heavy atom. The Bertz CT molecular complexity index is 608. The predicted octanol–water partition coefficient (Wildman–Crippen LogP) is 3.51. The number of hydrogen-bond donors (Lipinski definition) is 0. The van der Waals surface area contributed by atoms with Gasteiger partial charge in [-0.3, -0.25) is 9.48 Å². The van der Waals surface area contributed by atoms with Crippen LogP contribution >= 0.6 is 11.6 Å². The third-order valence-corrected chi connectivity index (χ3v) is 3.34. The predicted molar refractivity (Wildman–Crippen MR) is 78.5 cm³/mol. The first-order chi connectivity index (χ1) is 9.67. The van der Waals surface area contributed by atoms with Crippen molar-refractivity contribution >= 4 is 17.9 Å². The van der Waals surface area contributed by atoms with Crippen molar-refractivity contribution in [2.24, 2.45) is 0 Å². The monoisotopic (exact) mass is 292 g/mol. The molecule has 0 unspecified atom stereocenters. The molecule has 0 radical (unpaired) electrons. The second-order valence-electron chi connectivity index (χ2n) is 4.39. The second kappa shape index (κ2) is 6.57. The van der Waals surface area contributed by atoms with Crippen LogP contribution in [0.5, 0.6) is 5.75 Å². The molecule has 0 spiro atoms. The first kappa shape index (κ1) is 14.6. The van der Waals surface area contributed by atoms with Crippen molar-refractivity contribution in [3.05, 3.63) is 46.2 Å². The van der Waals surface area contributed by atoms with Crippen LogP contribution in [0.1, 0.15) is 35.6 Å². The number of aryl methyl sites for hydroxylation is 2. The van der Waals surface area contributed by atoms with Gasteiger partial charge in [-0.1, -0.05) is 18.5 Å². The number of nitrogens with zero attached hydrogens (tertiary/aromatic N) is 2. The molecular weight excluding hydrogens is 276 g/mol. The molecule has 0 N–H and O–H groups in total. The number of halogens is 1. The quantitative estimate of drug-likeness (QED) is 0.765. The van der Waals surface area contributed by atoms with E-state index >= 15 is 0 Å². The van der Waals surface area contributed by atoms with Crippen molar-refractivity contribution in [3.63, 3.8) is 0 Å². The maximum atomic E-state index is 10.7. The molecule has 1 heterocycles. The molecule has 0 aliphatic heterocycles. The molecule has 0 saturated carbocycles. The van der Waals surface area contributed by atoms with Crippen LogP contribution in [0, 0.1) is 0 Å². The topological polar surface area (TPSA) is 44.1 Å². The van der Waals surface area contributed by atoms with Crippen LogP contribution in [-0.2, 0) is 19.6 Å². The van der Waals surface area contributed by atoms with Gasteiger partial charge in [-0.2, -0.15) is 5.10 Å². The van der Waals surface area contributed by atoms with E-state index in [9.17, 15) is 4.79 Å². The van der Waals surface area contributed by atoms with Crippen molar-refractivity contribution in [1.82, 2.24) is 9.78 Å². The van der Waals surface area contributed by atoms with E-state index in [0.717, 1.165) is 30.6 Å². The van der Waals surface area contributed by atoms with E-state index in [2.05, 4.69) is 12.0 Å². The van der Waals surface area contributed by atoms with Crippen LogP contribution < -0.4 is 4.74 Å². The van der Waals surface area contributed by atoms with Crippen molar-refractivity contribution < 1.29 is 9.53 Å². The maximum absolute atomic E-state index is 10.7. The molecule has 5 heteroatoms. The first-order valence-electron chi connectivity index (χ1n) is 6.61. The van der Waals surface area contributed by atoms with Crippen molar-refractivity contribution in [2.75, 3.05) is 0 Å². The normalized spacial score (nSPS) is 10.6. The summed E-state index contributed by atoms with van der Waals surface area (Å²) in [4.78, 5) is 10.7.